The van der Waals surface area contributed by atoms with E-state index in [2.05, 4.69) is 25.7 Å². The van der Waals surface area contributed by atoms with Crippen molar-refractivity contribution in [3.8, 4) is 23.0 Å². The van der Waals surface area contributed by atoms with Gasteiger partial charge < -0.3 is 23.2 Å². The van der Waals surface area contributed by atoms with Gasteiger partial charge in [0.05, 0.1) is 35.8 Å². The van der Waals surface area contributed by atoms with Gasteiger partial charge in [-0.1, -0.05) is 23.7 Å². The number of aromatic nitrogens is 4. The minimum atomic E-state index is -1.28. The quantitative estimate of drug-likeness (QED) is 0.234. The number of imidazole rings is 1. The summed E-state index contributed by atoms with van der Waals surface area (Å²) in [6.07, 6.45) is 3.06. The molecule has 2 saturated heterocycles. The zero-order valence-corrected chi connectivity index (χ0v) is 25.3. The average Bonchev–Trinajstić information content (AvgIpc) is 3.69. The highest BCUT2D eigenvalue weighted by molar-refractivity contribution is 6.30. The average molecular weight is 632 g/mol. The molecule has 2 fully saturated rings. The topological polar surface area (TPSA) is 108 Å². The van der Waals surface area contributed by atoms with Crippen molar-refractivity contribution in [3.63, 3.8) is 0 Å². The number of ether oxygens (including phenoxy) is 3. The molecule has 5 heterocycles. The normalized spacial score (nSPS) is 21.8. The Balaban J connectivity index is 1.00. The summed E-state index contributed by atoms with van der Waals surface area (Å²) in [4.78, 5) is 18.9. The van der Waals surface area contributed by atoms with Crippen LogP contribution >= 0.6 is 11.6 Å². The molecule has 0 saturated carbocycles. The summed E-state index contributed by atoms with van der Waals surface area (Å²) in [6.45, 7) is 5.71. The second-order valence-corrected chi connectivity index (χ2v) is 12.5. The van der Waals surface area contributed by atoms with Crippen LogP contribution in [0.2, 0.25) is 5.02 Å². The molecule has 5 aromatic rings. The number of nitrogens with one attached hydrogen (secondary N) is 1. The molecule has 3 aromatic carbocycles. The summed E-state index contributed by atoms with van der Waals surface area (Å²) in [5.74, 6) is 0.438. The third-order valence-electron chi connectivity index (χ3n) is 9.12. The Morgan fingerprint density at radius 1 is 1.09 bits per heavy atom. The third-order valence-corrected chi connectivity index (χ3v) is 9.35. The van der Waals surface area contributed by atoms with Gasteiger partial charge in [0.15, 0.2) is 11.5 Å². The number of nitrogens with zero attached hydrogens (tertiary/aromatic N) is 4. The lowest BCUT2D eigenvalue weighted by atomic mass is 9.88. The Labute approximate surface area is 262 Å². The van der Waals surface area contributed by atoms with E-state index >= 15 is 0 Å². The van der Waals surface area contributed by atoms with Crippen LogP contribution in [0, 0.1) is 5.82 Å². The number of rotatable bonds is 7. The van der Waals surface area contributed by atoms with Gasteiger partial charge in [0.1, 0.15) is 11.6 Å². The molecule has 8 rings (SSSR count). The van der Waals surface area contributed by atoms with Gasteiger partial charge in [0, 0.05) is 29.7 Å². The molecule has 2 atom stereocenters. The monoisotopic (exact) mass is 631 g/mol. The molecule has 232 valence electrons. The van der Waals surface area contributed by atoms with Gasteiger partial charge in [0.25, 0.3) is 5.79 Å². The van der Waals surface area contributed by atoms with Gasteiger partial charge in [-0.05, 0) is 80.7 Å². The van der Waals surface area contributed by atoms with E-state index in [1.807, 2.05) is 30.3 Å². The van der Waals surface area contributed by atoms with Gasteiger partial charge in [-0.2, -0.15) is 0 Å². The number of piperidine rings is 1. The molecule has 0 amide bonds. The summed E-state index contributed by atoms with van der Waals surface area (Å²) in [6, 6.07) is 16.3. The SMILES string of the molecule is CC1(c2ccc(Cl)cc2F)Oc2cccc(C3CCN(Cc4nc5cc(-c6n[nH]c(=O)o6)ccc5n4CC4CCO4)CC3)c2O1. The Bertz CT molecular complexity index is 1960. The predicted molar refractivity (Wildman–Crippen MR) is 164 cm³/mol. The molecule has 2 aromatic heterocycles. The summed E-state index contributed by atoms with van der Waals surface area (Å²) >= 11 is 5.99. The molecule has 10 nitrogen and oxygen atoms in total. The van der Waals surface area contributed by atoms with E-state index in [4.69, 9.17) is 35.2 Å². The highest BCUT2D eigenvalue weighted by Gasteiger charge is 2.43. The molecule has 1 N–H and O–H groups in total. The third kappa shape index (κ3) is 5.18. The van der Waals surface area contributed by atoms with Crippen molar-refractivity contribution >= 4 is 22.6 Å². The van der Waals surface area contributed by atoms with Crippen LogP contribution in [0.25, 0.3) is 22.5 Å². The van der Waals surface area contributed by atoms with Crippen LogP contribution in [0.3, 0.4) is 0 Å². The summed E-state index contributed by atoms with van der Waals surface area (Å²) in [5.41, 5.74) is 3.90. The number of hydrogen-bond donors (Lipinski definition) is 1. The van der Waals surface area contributed by atoms with Crippen LogP contribution in [0.1, 0.15) is 49.1 Å². The van der Waals surface area contributed by atoms with Crippen LogP contribution in [0.5, 0.6) is 11.5 Å². The molecule has 2 unspecified atom stereocenters. The van der Waals surface area contributed by atoms with Crippen LogP contribution in [0.4, 0.5) is 4.39 Å². The fourth-order valence-electron chi connectivity index (χ4n) is 6.66. The molecule has 0 spiro atoms. The van der Waals surface area contributed by atoms with E-state index < -0.39 is 17.4 Å². The van der Waals surface area contributed by atoms with Crippen molar-refractivity contribution in [3.05, 3.63) is 92.9 Å². The van der Waals surface area contributed by atoms with Crippen molar-refractivity contribution < 1.29 is 23.0 Å². The van der Waals surface area contributed by atoms with Crippen molar-refractivity contribution in [1.29, 1.82) is 0 Å². The molecular formula is C33H31ClFN5O5. The van der Waals surface area contributed by atoms with E-state index in [1.165, 1.54) is 6.07 Å². The number of fused-ring (bicyclic) bond motifs is 2. The van der Waals surface area contributed by atoms with Crippen LogP contribution in [-0.4, -0.2) is 50.4 Å². The van der Waals surface area contributed by atoms with E-state index in [0.717, 1.165) is 67.9 Å². The fraction of sp³-hybridized carbons (Fsp3) is 0.364. The molecule has 0 radical (unpaired) electrons. The van der Waals surface area contributed by atoms with Gasteiger partial charge in [-0.3, -0.25) is 4.90 Å². The van der Waals surface area contributed by atoms with Gasteiger partial charge >= 0.3 is 5.76 Å². The first-order valence-electron chi connectivity index (χ1n) is 15.2. The van der Waals surface area contributed by atoms with Crippen molar-refractivity contribution in [1.82, 2.24) is 24.6 Å². The Hall–Kier alpha value is -4.19. The van der Waals surface area contributed by atoms with Crippen LogP contribution in [0.15, 0.2) is 63.8 Å². The lowest BCUT2D eigenvalue weighted by molar-refractivity contribution is -0.0712. The maximum atomic E-state index is 14.9. The Morgan fingerprint density at radius 3 is 2.67 bits per heavy atom. The maximum Gasteiger partial charge on any atom is 0.434 e. The molecule has 12 heteroatoms. The van der Waals surface area contributed by atoms with Crippen molar-refractivity contribution in [2.45, 2.75) is 57.1 Å². The number of halogens is 2. The highest BCUT2D eigenvalue weighted by atomic mass is 35.5. The predicted octanol–water partition coefficient (Wildman–Crippen LogP) is 5.98. The van der Waals surface area contributed by atoms with Gasteiger partial charge in [-0.25, -0.2) is 19.3 Å². The molecule has 3 aliphatic heterocycles. The Kier molecular flexibility index (Phi) is 6.92. The molecule has 3 aliphatic rings. The number of para-hydroxylation sites is 1. The van der Waals surface area contributed by atoms with Crippen molar-refractivity contribution in [2.75, 3.05) is 19.7 Å². The number of aromatic amines is 1. The van der Waals surface area contributed by atoms with Gasteiger partial charge in [-0.15, -0.1) is 5.10 Å². The number of benzene rings is 3. The number of likely N-dealkylation sites (tertiary alicyclic amines) is 1. The first-order chi connectivity index (χ1) is 21.8. The second-order valence-electron chi connectivity index (χ2n) is 12.0. The fourth-order valence-corrected chi connectivity index (χ4v) is 6.82. The van der Waals surface area contributed by atoms with E-state index in [1.54, 1.807) is 19.1 Å². The number of H-pyrrole nitrogens is 1. The summed E-state index contributed by atoms with van der Waals surface area (Å²) in [7, 11) is 0. The Morgan fingerprint density at radius 2 is 1.93 bits per heavy atom. The standard InChI is InChI=1S/C33H31ClFN5O5/c1-33(24-7-6-21(34)16-25(24)35)44-28-4-2-3-23(30(28)45-33)19-9-12-39(13-10-19)18-29-36-26-15-20(31-37-38-32(41)43-31)5-8-27(26)40(29)17-22-11-14-42-22/h2-8,15-16,19,22H,9-14,17-18H2,1H3,(H,38,41). The zero-order valence-electron chi connectivity index (χ0n) is 24.6. The second kappa shape index (κ2) is 11.0. The van der Waals surface area contributed by atoms with Gasteiger partial charge in [0.2, 0.25) is 5.89 Å². The molecular weight excluding hydrogens is 601 g/mol. The summed E-state index contributed by atoms with van der Waals surface area (Å²) < 4.78 is 40.6. The lowest BCUT2D eigenvalue weighted by Gasteiger charge is -2.33. The van der Waals surface area contributed by atoms with E-state index in [9.17, 15) is 9.18 Å². The molecule has 45 heavy (non-hydrogen) atoms. The minimum absolute atomic E-state index is 0.172. The van der Waals surface area contributed by atoms with Crippen molar-refractivity contribution in [2.24, 2.45) is 0 Å². The van der Waals surface area contributed by atoms with Crippen LogP contribution < -0.4 is 15.2 Å². The minimum Gasteiger partial charge on any atom is -0.444 e. The summed E-state index contributed by atoms with van der Waals surface area (Å²) in [5, 5.41) is 6.60. The first kappa shape index (κ1) is 28.3. The molecule has 0 bridgehead atoms. The van der Waals surface area contributed by atoms with Crippen LogP contribution in [-0.2, 0) is 23.6 Å². The van der Waals surface area contributed by atoms with E-state index in [0.29, 0.717) is 34.2 Å². The maximum absolute atomic E-state index is 14.9. The smallest absolute Gasteiger partial charge is 0.434 e. The highest BCUT2D eigenvalue weighted by Crippen LogP contribution is 2.50. The largest absolute Gasteiger partial charge is 0.444 e. The number of hydrogen-bond acceptors (Lipinski definition) is 8. The lowest BCUT2D eigenvalue weighted by Crippen LogP contribution is -2.35. The zero-order chi connectivity index (χ0) is 30.7. The molecule has 0 aliphatic carbocycles. The van der Waals surface area contributed by atoms with E-state index in [-0.39, 0.29) is 17.9 Å². The first-order valence-corrected chi connectivity index (χ1v) is 15.6.